The van der Waals surface area contributed by atoms with Gasteiger partial charge in [0.1, 0.15) is 5.82 Å². The zero-order chi connectivity index (χ0) is 13.9. The van der Waals surface area contributed by atoms with Crippen molar-refractivity contribution >= 4 is 11.3 Å². The lowest BCUT2D eigenvalue weighted by atomic mass is 10.1. The number of H-pyrrole nitrogens is 1. The monoisotopic (exact) mass is 277 g/mol. The lowest BCUT2D eigenvalue weighted by Gasteiger charge is -2.19. The number of hydrogen-bond acceptors (Lipinski definition) is 3. The fraction of sp³-hybridized carbons (Fsp3) is 0.533. The molecule has 2 N–H and O–H groups in total. The maximum absolute atomic E-state index is 4.46. The predicted octanol–water partition coefficient (Wildman–Crippen LogP) is 3.63. The third-order valence-electron chi connectivity index (χ3n) is 2.92. The third-order valence-corrected chi connectivity index (χ3v) is 4.18. The zero-order valence-electron chi connectivity index (χ0n) is 12.2. The van der Waals surface area contributed by atoms with Gasteiger partial charge in [0.25, 0.3) is 0 Å². The van der Waals surface area contributed by atoms with Crippen LogP contribution in [0.2, 0.25) is 0 Å². The number of aromatic nitrogens is 2. The second-order valence-corrected chi connectivity index (χ2v) is 6.96. The Morgan fingerprint density at radius 2 is 2.11 bits per heavy atom. The normalized spacial score (nSPS) is 12.0. The minimum Gasteiger partial charge on any atom is -0.341 e. The highest BCUT2D eigenvalue weighted by atomic mass is 32.1. The Morgan fingerprint density at radius 3 is 2.74 bits per heavy atom. The maximum Gasteiger partial charge on any atom is 0.107 e. The molecule has 0 atom stereocenters. The first-order valence-corrected chi connectivity index (χ1v) is 7.67. The van der Waals surface area contributed by atoms with Crippen molar-refractivity contribution < 1.29 is 0 Å². The van der Waals surface area contributed by atoms with Gasteiger partial charge in [0.05, 0.1) is 16.8 Å². The van der Waals surface area contributed by atoms with Crippen LogP contribution in [0.3, 0.4) is 0 Å². The zero-order valence-corrected chi connectivity index (χ0v) is 13.0. The van der Waals surface area contributed by atoms with Crippen molar-refractivity contribution in [2.45, 2.75) is 46.1 Å². The molecule has 104 valence electrons. The molecule has 0 unspecified atom stereocenters. The standard InChI is InChI=1S/C15H23N3S/c1-5-11-6-7-13(19-11)12-10-16-14(18-12)8-9-17-15(2,3)4/h6-7,10,17H,5,8-9H2,1-4H3,(H,16,18). The van der Waals surface area contributed by atoms with Crippen molar-refractivity contribution in [1.82, 2.24) is 15.3 Å². The van der Waals surface area contributed by atoms with E-state index in [4.69, 9.17) is 0 Å². The Balaban J connectivity index is 1.95. The molecule has 0 spiro atoms. The molecule has 4 heteroatoms. The number of nitrogens with one attached hydrogen (secondary N) is 2. The van der Waals surface area contributed by atoms with E-state index in [0.717, 1.165) is 30.9 Å². The van der Waals surface area contributed by atoms with Gasteiger partial charge < -0.3 is 10.3 Å². The van der Waals surface area contributed by atoms with Crippen LogP contribution in [0.5, 0.6) is 0 Å². The molecule has 0 saturated heterocycles. The molecule has 2 heterocycles. The number of hydrogen-bond donors (Lipinski definition) is 2. The quantitative estimate of drug-likeness (QED) is 0.876. The Kier molecular flexibility index (Phi) is 4.42. The molecule has 2 aromatic rings. The largest absolute Gasteiger partial charge is 0.341 e. The minimum absolute atomic E-state index is 0.166. The highest BCUT2D eigenvalue weighted by Crippen LogP contribution is 2.26. The second-order valence-electron chi connectivity index (χ2n) is 5.79. The summed E-state index contributed by atoms with van der Waals surface area (Å²) in [7, 11) is 0. The second kappa shape index (κ2) is 5.88. The van der Waals surface area contributed by atoms with Crippen LogP contribution < -0.4 is 5.32 Å². The number of nitrogens with zero attached hydrogens (tertiary/aromatic N) is 1. The van der Waals surface area contributed by atoms with Crippen LogP contribution in [-0.4, -0.2) is 22.1 Å². The van der Waals surface area contributed by atoms with Crippen LogP contribution in [0.4, 0.5) is 0 Å². The van der Waals surface area contributed by atoms with Crippen molar-refractivity contribution in [1.29, 1.82) is 0 Å². The van der Waals surface area contributed by atoms with Crippen molar-refractivity contribution in [2.24, 2.45) is 0 Å². The first kappa shape index (κ1) is 14.3. The molecule has 0 aliphatic carbocycles. The van der Waals surface area contributed by atoms with Crippen LogP contribution in [0, 0.1) is 0 Å². The highest BCUT2D eigenvalue weighted by Gasteiger charge is 2.09. The number of imidazole rings is 1. The van der Waals surface area contributed by atoms with E-state index in [1.54, 1.807) is 0 Å². The van der Waals surface area contributed by atoms with Gasteiger partial charge in [-0.1, -0.05) is 6.92 Å². The summed E-state index contributed by atoms with van der Waals surface area (Å²) >= 11 is 1.84. The van der Waals surface area contributed by atoms with E-state index >= 15 is 0 Å². The van der Waals surface area contributed by atoms with E-state index in [1.165, 1.54) is 9.75 Å². The van der Waals surface area contributed by atoms with E-state index in [2.05, 4.69) is 55.1 Å². The van der Waals surface area contributed by atoms with Gasteiger partial charge in [-0.15, -0.1) is 11.3 Å². The number of thiophene rings is 1. The Bertz CT molecular complexity index is 519. The van der Waals surface area contributed by atoms with Crippen molar-refractivity contribution in [3.8, 4) is 10.6 Å². The summed E-state index contributed by atoms with van der Waals surface area (Å²) in [6, 6.07) is 4.37. The molecule has 19 heavy (non-hydrogen) atoms. The average Bonchev–Trinajstić information content (AvgIpc) is 2.94. The van der Waals surface area contributed by atoms with Crippen LogP contribution in [-0.2, 0) is 12.8 Å². The SMILES string of the molecule is CCc1ccc(-c2cnc(CCNC(C)(C)C)[nH]2)s1. The van der Waals surface area contributed by atoms with E-state index in [-0.39, 0.29) is 5.54 Å². The summed E-state index contributed by atoms with van der Waals surface area (Å²) < 4.78 is 0. The molecular formula is C15H23N3S. The van der Waals surface area contributed by atoms with Gasteiger partial charge >= 0.3 is 0 Å². The summed E-state index contributed by atoms with van der Waals surface area (Å²) in [5.41, 5.74) is 1.30. The average molecular weight is 277 g/mol. The molecule has 0 aliphatic heterocycles. The van der Waals surface area contributed by atoms with Crippen molar-refractivity contribution in [3.05, 3.63) is 29.0 Å². The molecule has 0 saturated carbocycles. The smallest absolute Gasteiger partial charge is 0.107 e. The molecule has 2 aromatic heterocycles. The van der Waals surface area contributed by atoms with Gasteiger partial charge in [-0.05, 0) is 39.3 Å². The van der Waals surface area contributed by atoms with E-state index in [9.17, 15) is 0 Å². The van der Waals surface area contributed by atoms with Gasteiger partial charge in [0, 0.05) is 23.4 Å². The summed E-state index contributed by atoms with van der Waals surface area (Å²) in [5, 5.41) is 3.48. The number of aromatic amines is 1. The molecule has 0 bridgehead atoms. The van der Waals surface area contributed by atoms with Gasteiger partial charge in [0.15, 0.2) is 0 Å². The predicted molar refractivity (Wildman–Crippen MR) is 82.7 cm³/mol. The fourth-order valence-corrected chi connectivity index (χ4v) is 2.80. The molecule has 0 fully saturated rings. The maximum atomic E-state index is 4.46. The molecular weight excluding hydrogens is 254 g/mol. The van der Waals surface area contributed by atoms with E-state index in [0.29, 0.717) is 0 Å². The molecule has 0 radical (unpaired) electrons. The fourth-order valence-electron chi connectivity index (χ4n) is 1.88. The van der Waals surface area contributed by atoms with Crippen molar-refractivity contribution in [3.63, 3.8) is 0 Å². The molecule has 0 aromatic carbocycles. The Labute approximate surface area is 119 Å². The van der Waals surface area contributed by atoms with Crippen LogP contribution in [0.25, 0.3) is 10.6 Å². The molecule has 3 nitrogen and oxygen atoms in total. The van der Waals surface area contributed by atoms with Gasteiger partial charge in [-0.2, -0.15) is 0 Å². The highest BCUT2D eigenvalue weighted by molar-refractivity contribution is 7.15. The first-order valence-electron chi connectivity index (χ1n) is 6.86. The summed E-state index contributed by atoms with van der Waals surface area (Å²) in [6.07, 6.45) is 3.97. The van der Waals surface area contributed by atoms with Crippen LogP contribution in [0.1, 0.15) is 38.4 Å². The minimum atomic E-state index is 0.166. The van der Waals surface area contributed by atoms with E-state index < -0.39 is 0 Å². The molecule has 2 rings (SSSR count). The number of aryl methyl sites for hydroxylation is 1. The topological polar surface area (TPSA) is 40.7 Å². The Morgan fingerprint density at radius 1 is 1.32 bits per heavy atom. The summed E-state index contributed by atoms with van der Waals surface area (Å²) in [5.74, 6) is 1.05. The first-order chi connectivity index (χ1) is 8.98. The van der Waals surface area contributed by atoms with Crippen LogP contribution >= 0.6 is 11.3 Å². The van der Waals surface area contributed by atoms with Gasteiger partial charge in [0.2, 0.25) is 0 Å². The summed E-state index contributed by atoms with van der Waals surface area (Å²) in [4.78, 5) is 10.6. The van der Waals surface area contributed by atoms with Crippen LogP contribution in [0.15, 0.2) is 18.3 Å². The lowest BCUT2D eigenvalue weighted by molar-refractivity contribution is 0.427. The Hall–Kier alpha value is -1.13. The number of rotatable bonds is 5. The van der Waals surface area contributed by atoms with Gasteiger partial charge in [-0.25, -0.2) is 4.98 Å². The summed E-state index contributed by atoms with van der Waals surface area (Å²) in [6.45, 7) is 9.67. The van der Waals surface area contributed by atoms with E-state index in [1.807, 2.05) is 17.5 Å². The lowest BCUT2D eigenvalue weighted by Crippen LogP contribution is -2.37. The third kappa shape index (κ3) is 4.18. The van der Waals surface area contributed by atoms with Gasteiger partial charge in [-0.3, -0.25) is 0 Å². The molecule has 0 amide bonds. The molecule has 0 aliphatic rings. The van der Waals surface area contributed by atoms with Crippen molar-refractivity contribution in [2.75, 3.05) is 6.54 Å².